The summed E-state index contributed by atoms with van der Waals surface area (Å²) in [7, 11) is 0. The summed E-state index contributed by atoms with van der Waals surface area (Å²) in [5, 5.41) is 8.27. The Labute approximate surface area is 117 Å². The van der Waals surface area contributed by atoms with Crippen LogP contribution in [0.5, 0.6) is 0 Å². The van der Waals surface area contributed by atoms with Gasteiger partial charge in [-0.2, -0.15) is 5.10 Å². The molecular weight excluding hydrogens is 234 g/mol. The van der Waals surface area contributed by atoms with Crippen LogP contribution in [0.1, 0.15) is 51.9 Å². The molecule has 1 aliphatic carbocycles. The van der Waals surface area contributed by atoms with E-state index in [1.54, 1.807) is 0 Å². The Kier molecular flexibility index (Phi) is 4.34. The maximum atomic E-state index is 4.57. The van der Waals surface area contributed by atoms with Crippen molar-refractivity contribution in [1.29, 1.82) is 0 Å². The van der Waals surface area contributed by atoms with Gasteiger partial charge < -0.3 is 5.32 Å². The first-order valence-corrected chi connectivity index (χ1v) is 7.67. The fourth-order valence-electron chi connectivity index (χ4n) is 2.57. The number of aryl methyl sites for hydroxylation is 2. The van der Waals surface area contributed by atoms with E-state index in [0.717, 1.165) is 31.2 Å². The highest BCUT2D eigenvalue weighted by molar-refractivity contribution is 5.10. The minimum atomic E-state index is 0.332. The van der Waals surface area contributed by atoms with Crippen molar-refractivity contribution < 1.29 is 0 Å². The van der Waals surface area contributed by atoms with Gasteiger partial charge in [0.15, 0.2) is 0 Å². The van der Waals surface area contributed by atoms with Crippen LogP contribution in [0.3, 0.4) is 0 Å². The third-order valence-corrected chi connectivity index (χ3v) is 4.20. The molecule has 1 atom stereocenters. The largest absolute Gasteiger partial charge is 0.314 e. The van der Waals surface area contributed by atoms with Gasteiger partial charge in [-0.05, 0) is 57.1 Å². The van der Waals surface area contributed by atoms with Crippen molar-refractivity contribution in [2.75, 3.05) is 6.54 Å². The van der Waals surface area contributed by atoms with Gasteiger partial charge in [0.05, 0.1) is 5.69 Å². The van der Waals surface area contributed by atoms with Gasteiger partial charge in [0.25, 0.3) is 0 Å². The van der Waals surface area contributed by atoms with Gasteiger partial charge in [-0.3, -0.25) is 4.68 Å². The fourth-order valence-corrected chi connectivity index (χ4v) is 2.57. The zero-order valence-corrected chi connectivity index (χ0v) is 13.2. The molecule has 3 heteroatoms. The molecule has 3 nitrogen and oxygen atoms in total. The molecule has 1 unspecified atom stereocenters. The Morgan fingerprint density at radius 1 is 1.42 bits per heavy atom. The Morgan fingerprint density at radius 3 is 2.63 bits per heavy atom. The number of hydrogen-bond acceptors (Lipinski definition) is 2. The van der Waals surface area contributed by atoms with Crippen LogP contribution in [0.15, 0.2) is 6.07 Å². The van der Waals surface area contributed by atoms with Crippen LogP contribution in [-0.4, -0.2) is 22.4 Å². The normalized spacial score (nSPS) is 17.7. The zero-order valence-electron chi connectivity index (χ0n) is 13.2. The van der Waals surface area contributed by atoms with E-state index in [0.29, 0.717) is 11.3 Å². The standard InChI is InChI=1S/C16H29N3/c1-6-19-15(9-12(2)18-19)10-13(16(3,4)5)11-17-14-7-8-14/h9,13-14,17H,6-8,10-11H2,1-5H3. The summed E-state index contributed by atoms with van der Waals surface area (Å²) in [4.78, 5) is 0. The second kappa shape index (κ2) is 5.66. The van der Waals surface area contributed by atoms with Crippen molar-refractivity contribution in [3.63, 3.8) is 0 Å². The highest BCUT2D eigenvalue weighted by atomic mass is 15.3. The summed E-state index contributed by atoms with van der Waals surface area (Å²) in [5.74, 6) is 0.662. The minimum Gasteiger partial charge on any atom is -0.314 e. The summed E-state index contributed by atoms with van der Waals surface area (Å²) in [6, 6.07) is 3.04. The molecule has 1 heterocycles. The molecule has 0 bridgehead atoms. The summed E-state index contributed by atoms with van der Waals surface area (Å²) in [5.41, 5.74) is 2.86. The average molecular weight is 263 g/mol. The first-order valence-electron chi connectivity index (χ1n) is 7.67. The second-order valence-electron chi connectivity index (χ2n) is 7.04. The number of nitrogens with zero attached hydrogens (tertiary/aromatic N) is 2. The highest BCUT2D eigenvalue weighted by Gasteiger charge is 2.29. The van der Waals surface area contributed by atoms with Gasteiger partial charge in [0, 0.05) is 18.3 Å². The van der Waals surface area contributed by atoms with Crippen molar-refractivity contribution >= 4 is 0 Å². The molecule has 108 valence electrons. The number of rotatable bonds is 6. The molecule has 1 aromatic heterocycles. The minimum absolute atomic E-state index is 0.332. The molecule has 19 heavy (non-hydrogen) atoms. The quantitative estimate of drug-likeness (QED) is 0.854. The predicted molar refractivity (Wildman–Crippen MR) is 80.3 cm³/mol. The van der Waals surface area contributed by atoms with E-state index in [1.807, 2.05) is 0 Å². The first-order chi connectivity index (χ1) is 8.90. The lowest BCUT2D eigenvalue weighted by molar-refractivity contribution is 0.226. The average Bonchev–Trinajstić information content (AvgIpc) is 3.06. The monoisotopic (exact) mass is 263 g/mol. The summed E-state index contributed by atoms with van der Waals surface area (Å²) >= 11 is 0. The van der Waals surface area contributed by atoms with Crippen LogP contribution in [0.25, 0.3) is 0 Å². The molecule has 1 N–H and O–H groups in total. The molecule has 1 aromatic rings. The van der Waals surface area contributed by atoms with Gasteiger partial charge in [-0.25, -0.2) is 0 Å². The van der Waals surface area contributed by atoms with Gasteiger partial charge in [-0.15, -0.1) is 0 Å². The molecule has 2 rings (SSSR count). The second-order valence-corrected chi connectivity index (χ2v) is 7.04. The maximum Gasteiger partial charge on any atom is 0.0596 e. The third kappa shape index (κ3) is 4.07. The van der Waals surface area contributed by atoms with E-state index in [9.17, 15) is 0 Å². The first kappa shape index (κ1) is 14.6. The number of aromatic nitrogens is 2. The molecule has 0 aromatic carbocycles. The van der Waals surface area contributed by atoms with Crippen molar-refractivity contribution in [2.45, 2.75) is 66.5 Å². The van der Waals surface area contributed by atoms with Crippen molar-refractivity contribution in [3.05, 3.63) is 17.5 Å². The van der Waals surface area contributed by atoms with Crippen LogP contribution in [0, 0.1) is 18.3 Å². The third-order valence-electron chi connectivity index (χ3n) is 4.20. The Balaban J connectivity index is 2.04. The van der Waals surface area contributed by atoms with Gasteiger partial charge in [0.1, 0.15) is 0 Å². The molecule has 1 fully saturated rings. The lowest BCUT2D eigenvalue weighted by Crippen LogP contribution is -2.34. The topological polar surface area (TPSA) is 29.9 Å². The Hall–Kier alpha value is -0.830. The number of nitrogens with one attached hydrogen (secondary N) is 1. The fraction of sp³-hybridized carbons (Fsp3) is 0.812. The number of hydrogen-bond donors (Lipinski definition) is 1. The molecule has 1 saturated carbocycles. The predicted octanol–water partition coefficient (Wildman–Crippen LogP) is 3.17. The van der Waals surface area contributed by atoms with Crippen LogP contribution < -0.4 is 5.32 Å². The van der Waals surface area contributed by atoms with E-state index in [1.165, 1.54) is 18.5 Å². The van der Waals surface area contributed by atoms with Crippen LogP contribution in [0.4, 0.5) is 0 Å². The van der Waals surface area contributed by atoms with Crippen LogP contribution in [0.2, 0.25) is 0 Å². The summed E-state index contributed by atoms with van der Waals surface area (Å²) in [6.45, 7) is 13.4. The van der Waals surface area contributed by atoms with E-state index in [2.05, 4.69) is 55.8 Å². The van der Waals surface area contributed by atoms with E-state index >= 15 is 0 Å². The van der Waals surface area contributed by atoms with Gasteiger partial charge in [0.2, 0.25) is 0 Å². The van der Waals surface area contributed by atoms with Crippen LogP contribution in [-0.2, 0) is 13.0 Å². The lowest BCUT2D eigenvalue weighted by atomic mass is 9.78. The molecular formula is C16H29N3. The lowest BCUT2D eigenvalue weighted by Gasteiger charge is -2.31. The van der Waals surface area contributed by atoms with Gasteiger partial charge >= 0.3 is 0 Å². The summed E-state index contributed by atoms with van der Waals surface area (Å²) in [6.07, 6.45) is 3.85. The van der Waals surface area contributed by atoms with E-state index in [-0.39, 0.29) is 0 Å². The summed E-state index contributed by atoms with van der Waals surface area (Å²) < 4.78 is 2.16. The maximum absolute atomic E-state index is 4.57. The van der Waals surface area contributed by atoms with Crippen LogP contribution >= 0.6 is 0 Å². The SMILES string of the molecule is CCn1nc(C)cc1CC(CNC1CC1)C(C)(C)C. The molecule has 0 aliphatic heterocycles. The van der Waals surface area contributed by atoms with Gasteiger partial charge in [-0.1, -0.05) is 20.8 Å². The molecule has 0 amide bonds. The molecule has 1 aliphatic rings. The van der Waals surface area contributed by atoms with Crippen molar-refractivity contribution in [3.8, 4) is 0 Å². The Morgan fingerprint density at radius 2 is 2.11 bits per heavy atom. The smallest absolute Gasteiger partial charge is 0.0596 e. The zero-order chi connectivity index (χ0) is 14.0. The molecule has 0 spiro atoms. The Bertz CT molecular complexity index is 410. The van der Waals surface area contributed by atoms with E-state index in [4.69, 9.17) is 0 Å². The van der Waals surface area contributed by atoms with E-state index < -0.39 is 0 Å². The molecule has 0 saturated heterocycles. The molecule has 0 radical (unpaired) electrons. The highest BCUT2D eigenvalue weighted by Crippen LogP contribution is 2.30. The van der Waals surface area contributed by atoms with Crippen molar-refractivity contribution in [1.82, 2.24) is 15.1 Å². The van der Waals surface area contributed by atoms with Crippen molar-refractivity contribution in [2.24, 2.45) is 11.3 Å².